The van der Waals surface area contributed by atoms with E-state index in [4.69, 9.17) is 23.1 Å². The van der Waals surface area contributed by atoms with Crippen molar-refractivity contribution < 1.29 is 0 Å². The van der Waals surface area contributed by atoms with E-state index in [1.54, 1.807) is 12.3 Å². The van der Waals surface area contributed by atoms with Gasteiger partial charge < -0.3 is 11.5 Å². The topological polar surface area (TPSA) is 64.9 Å². The van der Waals surface area contributed by atoms with Crippen LogP contribution in [0.25, 0.3) is 0 Å². The van der Waals surface area contributed by atoms with Crippen LogP contribution < -0.4 is 11.5 Å². The molecule has 4 heteroatoms. The van der Waals surface area contributed by atoms with Crippen LogP contribution in [0.4, 0.5) is 0 Å². The van der Waals surface area contributed by atoms with Gasteiger partial charge in [-0.25, -0.2) is 4.98 Å². The second kappa shape index (κ2) is 3.85. The third-order valence-electron chi connectivity index (χ3n) is 1.77. The van der Waals surface area contributed by atoms with Gasteiger partial charge in [-0.3, -0.25) is 0 Å². The Morgan fingerprint density at radius 1 is 1.67 bits per heavy atom. The lowest BCUT2D eigenvalue weighted by Gasteiger charge is -2.11. The lowest BCUT2D eigenvalue weighted by atomic mass is 10.1. The lowest BCUT2D eigenvalue weighted by molar-refractivity contribution is 0.727. The molecule has 66 valence electrons. The first kappa shape index (κ1) is 9.45. The van der Waals surface area contributed by atoms with E-state index in [9.17, 15) is 0 Å². The van der Waals surface area contributed by atoms with Gasteiger partial charge >= 0.3 is 0 Å². The van der Waals surface area contributed by atoms with Crippen molar-refractivity contribution in [3.8, 4) is 0 Å². The molecule has 1 aromatic heterocycles. The Morgan fingerprint density at radius 3 is 2.83 bits per heavy atom. The van der Waals surface area contributed by atoms with E-state index in [-0.39, 0.29) is 6.04 Å². The summed E-state index contributed by atoms with van der Waals surface area (Å²) in [7, 11) is 0. The van der Waals surface area contributed by atoms with Gasteiger partial charge in [0, 0.05) is 18.8 Å². The summed E-state index contributed by atoms with van der Waals surface area (Å²) in [5, 5.41) is 0.487. The standard InChI is InChI=1S/C8H12ClN3/c1-5-2-8(9)12-4-6(5)7(11)3-10/h2,4,7H,3,10-11H2,1H3. The lowest BCUT2D eigenvalue weighted by Crippen LogP contribution is -2.21. The maximum atomic E-state index is 5.74. The third-order valence-corrected chi connectivity index (χ3v) is 1.98. The second-order valence-corrected chi connectivity index (χ2v) is 3.09. The van der Waals surface area contributed by atoms with Crippen molar-refractivity contribution in [3.05, 3.63) is 28.5 Å². The number of nitrogens with zero attached hydrogens (tertiary/aromatic N) is 1. The maximum absolute atomic E-state index is 5.74. The molecule has 0 aliphatic heterocycles. The van der Waals surface area contributed by atoms with Gasteiger partial charge in [0.05, 0.1) is 0 Å². The minimum atomic E-state index is -0.144. The molecule has 0 saturated heterocycles. The highest BCUT2D eigenvalue weighted by atomic mass is 35.5. The molecule has 0 saturated carbocycles. The van der Waals surface area contributed by atoms with Crippen LogP contribution in [0.1, 0.15) is 17.2 Å². The number of rotatable bonds is 2. The Labute approximate surface area is 76.7 Å². The Balaban J connectivity index is 3.01. The zero-order chi connectivity index (χ0) is 9.14. The minimum absolute atomic E-state index is 0.144. The van der Waals surface area contributed by atoms with Crippen LogP contribution in [0.15, 0.2) is 12.3 Å². The van der Waals surface area contributed by atoms with Crippen molar-refractivity contribution in [2.45, 2.75) is 13.0 Å². The summed E-state index contributed by atoms with van der Waals surface area (Å²) in [4.78, 5) is 3.94. The fourth-order valence-electron chi connectivity index (χ4n) is 1.05. The predicted molar refractivity (Wildman–Crippen MR) is 50.0 cm³/mol. The van der Waals surface area contributed by atoms with Gasteiger partial charge in [0.25, 0.3) is 0 Å². The van der Waals surface area contributed by atoms with Crippen LogP contribution in [-0.4, -0.2) is 11.5 Å². The van der Waals surface area contributed by atoms with Gasteiger partial charge in [0.2, 0.25) is 0 Å². The van der Waals surface area contributed by atoms with Crippen molar-refractivity contribution >= 4 is 11.6 Å². The third kappa shape index (κ3) is 1.94. The number of pyridine rings is 1. The molecule has 0 aliphatic carbocycles. The highest BCUT2D eigenvalue weighted by Gasteiger charge is 2.07. The molecule has 0 aromatic carbocycles. The van der Waals surface area contributed by atoms with E-state index in [0.29, 0.717) is 11.7 Å². The van der Waals surface area contributed by atoms with Crippen LogP contribution >= 0.6 is 11.6 Å². The number of nitrogens with two attached hydrogens (primary N) is 2. The molecule has 1 unspecified atom stereocenters. The zero-order valence-corrected chi connectivity index (χ0v) is 7.67. The molecule has 0 amide bonds. The highest BCUT2D eigenvalue weighted by molar-refractivity contribution is 6.29. The number of halogens is 1. The highest BCUT2D eigenvalue weighted by Crippen LogP contribution is 2.16. The molecule has 1 rings (SSSR count). The fraction of sp³-hybridized carbons (Fsp3) is 0.375. The van der Waals surface area contributed by atoms with E-state index < -0.39 is 0 Å². The van der Waals surface area contributed by atoms with E-state index >= 15 is 0 Å². The summed E-state index contributed by atoms with van der Waals surface area (Å²) < 4.78 is 0. The molecule has 4 N–H and O–H groups in total. The van der Waals surface area contributed by atoms with Gasteiger partial charge in [-0.1, -0.05) is 11.6 Å². The summed E-state index contributed by atoms with van der Waals surface area (Å²) in [6, 6.07) is 1.64. The van der Waals surface area contributed by atoms with Crippen LogP contribution in [0.3, 0.4) is 0 Å². The number of hydrogen-bond acceptors (Lipinski definition) is 3. The molecule has 0 bridgehead atoms. The summed E-state index contributed by atoms with van der Waals surface area (Å²) in [5.41, 5.74) is 13.2. The van der Waals surface area contributed by atoms with Gasteiger partial charge in [-0.2, -0.15) is 0 Å². The molecule has 1 aromatic rings. The molecule has 3 nitrogen and oxygen atoms in total. The molecule has 0 aliphatic rings. The number of aromatic nitrogens is 1. The smallest absolute Gasteiger partial charge is 0.129 e. The molecular weight excluding hydrogens is 174 g/mol. The molecular formula is C8H12ClN3. The monoisotopic (exact) mass is 185 g/mol. The fourth-order valence-corrected chi connectivity index (χ4v) is 1.26. The Morgan fingerprint density at radius 2 is 2.33 bits per heavy atom. The van der Waals surface area contributed by atoms with Crippen LogP contribution in [0.2, 0.25) is 5.15 Å². The van der Waals surface area contributed by atoms with Gasteiger partial charge in [-0.15, -0.1) is 0 Å². The van der Waals surface area contributed by atoms with Crippen LogP contribution in [0, 0.1) is 6.92 Å². The molecule has 0 spiro atoms. The molecule has 12 heavy (non-hydrogen) atoms. The predicted octanol–water partition coefficient (Wildman–Crippen LogP) is 1.00. The quantitative estimate of drug-likeness (QED) is 0.676. The zero-order valence-electron chi connectivity index (χ0n) is 6.92. The van der Waals surface area contributed by atoms with Gasteiger partial charge in [0.15, 0.2) is 0 Å². The molecule has 0 fully saturated rings. The van der Waals surface area contributed by atoms with E-state index in [1.165, 1.54) is 0 Å². The van der Waals surface area contributed by atoms with Gasteiger partial charge in [-0.05, 0) is 24.1 Å². The van der Waals surface area contributed by atoms with Crippen molar-refractivity contribution in [2.75, 3.05) is 6.54 Å². The van der Waals surface area contributed by atoms with Crippen molar-refractivity contribution in [1.29, 1.82) is 0 Å². The average molecular weight is 186 g/mol. The Kier molecular flexibility index (Phi) is 3.03. The largest absolute Gasteiger partial charge is 0.329 e. The first-order chi connectivity index (χ1) is 5.65. The van der Waals surface area contributed by atoms with Crippen molar-refractivity contribution in [3.63, 3.8) is 0 Å². The summed E-state index contributed by atoms with van der Waals surface area (Å²) >= 11 is 5.68. The molecule has 1 atom stereocenters. The first-order valence-corrected chi connectivity index (χ1v) is 4.10. The van der Waals surface area contributed by atoms with E-state index in [1.807, 2.05) is 6.92 Å². The summed E-state index contributed by atoms with van der Waals surface area (Å²) in [5.74, 6) is 0. The normalized spacial score (nSPS) is 13.0. The van der Waals surface area contributed by atoms with E-state index in [2.05, 4.69) is 4.98 Å². The average Bonchev–Trinajstić information content (AvgIpc) is 2.03. The Bertz CT molecular complexity index is 275. The van der Waals surface area contributed by atoms with Crippen molar-refractivity contribution in [2.24, 2.45) is 11.5 Å². The van der Waals surface area contributed by atoms with Crippen LogP contribution in [-0.2, 0) is 0 Å². The first-order valence-electron chi connectivity index (χ1n) is 3.73. The number of aryl methyl sites for hydroxylation is 1. The maximum Gasteiger partial charge on any atom is 0.129 e. The molecule has 1 heterocycles. The van der Waals surface area contributed by atoms with Crippen molar-refractivity contribution in [1.82, 2.24) is 4.98 Å². The second-order valence-electron chi connectivity index (χ2n) is 2.71. The van der Waals surface area contributed by atoms with Crippen LogP contribution in [0.5, 0.6) is 0 Å². The minimum Gasteiger partial charge on any atom is -0.329 e. The SMILES string of the molecule is Cc1cc(Cl)ncc1C(N)CN. The summed E-state index contributed by atoms with van der Waals surface area (Å²) in [6.45, 7) is 2.36. The van der Waals surface area contributed by atoms with E-state index in [0.717, 1.165) is 11.1 Å². The summed E-state index contributed by atoms with van der Waals surface area (Å²) in [6.07, 6.45) is 1.68. The van der Waals surface area contributed by atoms with Gasteiger partial charge in [0.1, 0.15) is 5.15 Å². The Hall–Kier alpha value is -0.640. The number of hydrogen-bond donors (Lipinski definition) is 2. The molecule has 0 radical (unpaired) electrons.